The molecule has 0 saturated carbocycles. The summed E-state index contributed by atoms with van der Waals surface area (Å²) in [5, 5.41) is 13.8. The number of rotatable bonds is 9. The van der Waals surface area contributed by atoms with Crippen LogP contribution in [-0.4, -0.2) is 26.4 Å². The highest BCUT2D eigenvalue weighted by Gasteiger charge is 2.30. The van der Waals surface area contributed by atoms with Gasteiger partial charge in [-0.3, -0.25) is 4.79 Å². The summed E-state index contributed by atoms with van der Waals surface area (Å²) in [4.78, 5) is 13.6. The lowest BCUT2D eigenvalue weighted by Gasteiger charge is -2.10. The molecule has 0 spiro atoms. The monoisotopic (exact) mass is 468 g/mol. The normalized spacial score (nSPS) is 11.6. The van der Waals surface area contributed by atoms with Crippen LogP contribution in [0, 0.1) is 0 Å². The lowest BCUT2D eigenvalue weighted by Crippen LogP contribution is -2.15. The van der Waals surface area contributed by atoms with Gasteiger partial charge in [-0.1, -0.05) is 38.1 Å². The van der Waals surface area contributed by atoms with E-state index < -0.39 is 17.6 Å². The number of carbonyl (C=O) groups excluding carboxylic acids is 1. The minimum absolute atomic E-state index is 0.0167. The average molecular weight is 469 g/mol. The number of nitrogens with one attached hydrogen (secondary N) is 1. The van der Waals surface area contributed by atoms with E-state index >= 15 is 0 Å². The summed E-state index contributed by atoms with van der Waals surface area (Å²) in [6.45, 7) is 4.89. The van der Waals surface area contributed by atoms with Gasteiger partial charge in [0, 0.05) is 28.1 Å². The van der Waals surface area contributed by atoms with E-state index in [1.165, 1.54) is 28.8 Å². The molecule has 166 valence electrons. The number of hydrogen-bond donors (Lipinski definition) is 1. The summed E-state index contributed by atoms with van der Waals surface area (Å²) < 4.78 is 40.5. The fourth-order valence-electron chi connectivity index (χ4n) is 3.01. The molecule has 1 aromatic carbocycles. The standard InChI is InChI=1S/C21H23F3N4OS2/c1-3-6-17-10-14(12-30-17)19-26-27-20(28(19)9-4-2)31-13-18(29)25-16-8-5-7-15(11-16)21(22,23)24/h5,7-8,10-12H,3-4,6,9,13H2,1-2H3,(H,25,29). The Morgan fingerprint density at radius 2 is 2.00 bits per heavy atom. The van der Waals surface area contributed by atoms with Gasteiger partial charge in [-0.05, 0) is 37.1 Å². The predicted octanol–water partition coefficient (Wildman–Crippen LogP) is 6.12. The summed E-state index contributed by atoms with van der Waals surface area (Å²) in [5.74, 6) is 0.377. The minimum Gasteiger partial charge on any atom is -0.325 e. The lowest BCUT2D eigenvalue weighted by molar-refractivity contribution is -0.137. The Morgan fingerprint density at radius 1 is 1.19 bits per heavy atom. The maximum atomic E-state index is 12.8. The second kappa shape index (κ2) is 10.3. The quantitative estimate of drug-likeness (QED) is 0.385. The van der Waals surface area contributed by atoms with E-state index in [9.17, 15) is 18.0 Å². The van der Waals surface area contributed by atoms with Gasteiger partial charge in [-0.15, -0.1) is 21.5 Å². The SMILES string of the molecule is CCCc1cc(-c2nnc(SCC(=O)Nc3cccc(C(F)(F)F)c3)n2CCC)cs1. The molecule has 0 unspecified atom stereocenters. The zero-order valence-electron chi connectivity index (χ0n) is 17.2. The van der Waals surface area contributed by atoms with Crippen LogP contribution in [0.1, 0.15) is 37.1 Å². The molecular formula is C21H23F3N4OS2. The van der Waals surface area contributed by atoms with Gasteiger partial charge in [0.15, 0.2) is 11.0 Å². The highest BCUT2D eigenvalue weighted by atomic mass is 32.2. The molecule has 0 aliphatic carbocycles. The number of aryl methyl sites for hydroxylation is 1. The smallest absolute Gasteiger partial charge is 0.325 e. The second-order valence-electron chi connectivity index (χ2n) is 6.92. The van der Waals surface area contributed by atoms with Crippen LogP contribution in [0.5, 0.6) is 0 Å². The van der Waals surface area contributed by atoms with E-state index in [0.29, 0.717) is 11.7 Å². The number of thioether (sulfide) groups is 1. The Hall–Kier alpha value is -2.33. The first kappa shape index (κ1) is 23.3. The van der Waals surface area contributed by atoms with Crippen LogP contribution in [0.15, 0.2) is 40.9 Å². The molecule has 0 aliphatic heterocycles. The van der Waals surface area contributed by atoms with Gasteiger partial charge in [-0.25, -0.2) is 0 Å². The maximum Gasteiger partial charge on any atom is 0.416 e. The molecule has 0 atom stereocenters. The number of alkyl halides is 3. The number of amides is 1. The summed E-state index contributed by atoms with van der Waals surface area (Å²) in [6, 6.07) is 6.71. The average Bonchev–Trinajstić information content (AvgIpc) is 3.33. The number of thiophene rings is 1. The number of nitrogens with zero attached hydrogens (tertiary/aromatic N) is 3. The molecule has 1 amide bonds. The third-order valence-electron chi connectivity index (χ3n) is 4.38. The van der Waals surface area contributed by atoms with Crippen LogP contribution in [0.3, 0.4) is 0 Å². The van der Waals surface area contributed by atoms with Crippen molar-refractivity contribution < 1.29 is 18.0 Å². The van der Waals surface area contributed by atoms with Gasteiger partial charge in [0.05, 0.1) is 11.3 Å². The van der Waals surface area contributed by atoms with Gasteiger partial charge in [0.2, 0.25) is 5.91 Å². The van der Waals surface area contributed by atoms with Crippen molar-refractivity contribution in [3.63, 3.8) is 0 Å². The Balaban J connectivity index is 1.68. The molecule has 0 bridgehead atoms. The number of halogens is 3. The van der Waals surface area contributed by atoms with E-state index in [1.807, 2.05) is 4.57 Å². The van der Waals surface area contributed by atoms with Gasteiger partial charge in [0.25, 0.3) is 0 Å². The molecule has 2 aromatic heterocycles. The van der Waals surface area contributed by atoms with Crippen molar-refractivity contribution in [2.45, 2.75) is 51.0 Å². The first-order chi connectivity index (χ1) is 14.8. The summed E-state index contributed by atoms with van der Waals surface area (Å²) in [6.07, 6.45) is -1.49. The summed E-state index contributed by atoms with van der Waals surface area (Å²) >= 11 is 2.91. The third-order valence-corrected chi connectivity index (χ3v) is 6.34. The summed E-state index contributed by atoms with van der Waals surface area (Å²) in [7, 11) is 0. The zero-order valence-corrected chi connectivity index (χ0v) is 18.8. The predicted molar refractivity (Wildman–Crippen MR) is 118 cm³/mol. The Morgan fingerprint density at radius 3 is 2.71 bits per heavy atom. The van der Waals surface area contributed by atoms with E-state index in [-0.39, 0.29) is 11.4 Å². The van der Waals surface area contributed by atoms with Gasteiger partial charge >= 0.3 is 6.18 Å². The summed E-state index contributed by atoms with van der Waals surface area (Å²) in [5.41, 5.74) is 0.316. The van der Waals surface area contributed by atoms with Crippen LogP contribution in [0.25, 0.3) is 11.4 Å². The molecule has 10 heteroatoms. The molecule has 0 radical (unpaired) electrons. The molecule has 5 nitrogen and oxygen atoms in total. The van der Waals surface area contributed by atoms with Crippen molar-refractivity contribution in [1.29, 1.82) is 0 Å². The molecular weight excluding hydrogens is 445 g/mol. The van der Waals surface area contributed by atoms with Gasteiger partial charge in [0.1, 0.15) is 0 Å². The lowest BCUT2D eigenvalue weighted by atomic mass is 10.2. The number of benzene rings is 1. The number of hydrogen-bond acceptors (Lipinski definition) is 5. The van der Waals surface area contributed by atoms with E-state index in [4.69, 9.17) is 0 Å². The van der Waals surface area contributed by atoms with Crippen molar-refractivity contribution >= 4 is 34.7 Å². The van der Waals surface area contributed by atoms with Gasteiger partial charge in [-0.2, -0.15) is 13.2 Å². The molecule has 31 heavy (non-hydrogen) atoms. The van der Waals surface area contributed by atoms with Gasteiger partial charge < -0.3 is 9.88 Å². The van der Waals surface area contributed by atoms with E-state index in [1.54, 1.807) is 11.3 Å². The van der Waals surface area contributed by atoms with Crippen molar-refractivity contribution in [3.8, 4) is 11.4 Å². The third kappa shape index (κ3) is 6.10. The van der Waals surface area contributed by atoms with Crippen molar-refractivity contribution in [2.24, 2.45) is 0 Å². The Labute approximate surface area is 187 Å². The second-order valence-corrected chi connectivity index (χ2v) is 8.86. The van der Waals surface area contributed by atoms with Crippen LogP contribution >= 0.6 is 23.1 Å². The molecule has 3 rings (SSSR count). The Kier molecular flexibility index (Phi) is 7.77. The molecule has 0 aliphatic rings. The van der Waals surface area contributed by atoms with Crippen molar-refractivity contribution in [1.82, 2.24) is 14.8 Å². The van der Waals surface area contributed by atoms with Crippen molar-refractivity contribution in [3.05, 3.63) is 46.2 Å². The first-order valence-electron chi connectivity index (χ1n) is 9.92. The first-order valence-corrected chi connectivity index (χ1v) is 11.8. The minimum atomic E-state index is -4.46. The largest absolute Gasteiger partial charge is 0.416 e. The maximum absolute atomic E-state index is 12.8. The van der Waals surface area contributed by atoms with E-state index in [2.05, 4.69) is 40.8 Å². The van der Waals surface area contributed by atoms with Crippen LogP contribution in [-0.2, 0) is 23.9 Å². The van der Waals surface area contributed by atoms with Crippen molar-refractivity contribution in [2.75, 3.05) is 11.1 Å². The molecule has 3 aromatic rings. The molecule has 0 fully saturated rings. The zero-order chi connectivity index (χ0) is 22.4. The Bertz CT molecular complexity index is 1030. The highest BCUT2D eigenvalue weighted by molar-refractivity contribution is 7.99. The topological polar surface area (TPSA) is 59.8 Å². The van der Waals surface area contributed by atoms with E-state index in [0.717, 1.165) is 42.8 Å². The number of carbonyl (C=O) groups is 1. The fourth-order valence-corrected chi connectivity index (χ4v) is 4.74. The molecule has 1 N–H and O–H groups in total. The fraction of sp³-hybridized carbons (Fsp3) is 0.381. The van der Waals surface area contributed by atoms with Crippen LogP contribution in [0.4, 0.5) is 18.9 Å². The van der Waals surface area contributed by atoms with Crippen LogP contribution in [0.2, 0.25) is 0 Å². The number of anilines is 1. The highest BCUT2D eigenvalue weighted by Crippen LogP contribution is 2.31. The number of aromatic nitrogens is 3. The van der Waals surface area contributed by atoms with Crippen LogP contribution < -0.4 is 5.32 Å². The molecule has 2 heterocycles. The molecule has 0 saturated heterocycles.